The number of halogens is 2. The second-order valence-corrected chi connectivity index (χ2v) is 7.39. The molecule has 2 heterocycles. The largest absolute Gasteiger partial charge is 0.292 e. The van der Waals surface area contributed by atoms with E-state index in [0.29, 0.717) is 12.1 Å². The van der Waals surface area contributed by atoms with Crippen molar-refractivity contribution in [3.05, 3.63) is 25.4 Å². The summed E-state index contributed by atoms with van der Waals surface area (Å²) in [6, 6.07) is 1.96. The van der Waals surface area contributed by atoms with E-state index in [4.69, 9.17) is 11.6 Å². The Morgan fingerprint density at radius 3 is 2.82 bits per heavy atom. The first-order valence-corrected chi connectivity index (χ1v) is 7.93. The van der Waals surface area contributed by atoms with E-state index in [2.05, 4.69) is 20.9 Å². The lowest BCUT2D eigenvalue weighted by Crippen LogP contribution is -2.08. The van der Waals surface area contributed by atoms with Gasteiger partial charge in [0, 0.05) is 15.8 Å². The van der Waals surface area contributed by atoms with Gasteiger partial charge in [0.25, 0.3) is 0 Å². The molecule has 2 aromatic heterocycles. The maximum Gasteiger partial charge on any atom is 0.182 e. The topological polar surface area (TPSA) is 30.0 Å². The Morgan fingerprint density at radius 1 is 1.35 bits per heavy atom. The van der Waals surface area contributed by atoms with Gasteiger partial charge in [0.2, 0.25) is 0 Å². The number of thiophene rings is 1. The average Bonchev–Trinajstić information content (AvgIpc) is 2.85. The van der Waals surface area contributed by atoms with E-state index < -0.39 is 0 Å². The lowest BCUT2D eigenvalue weighted by Gasteiger charge is -2.06. The average molecular weight is 349 g/mol. The Labute approximate surface area is 120 Å². The Kier molecular flexibility index (Phi) is 3.11. The zero-order valence-electron chi connectivity index (χ0n) is 8.63. The molecule has 0 saturated heterocycles. The molecular weight excluding hydrogens is 342 g/mol. The highest BCUT2D eigenvalue weighted by molar-refractivity contribution is 9.10. The summed E-state index contributed by atoms with van der Waals surface area (Å²) in [5, 5.41) is 0.905. The van der Waals surface area contributed by atoms with Crippen molar-refractivity contribution < 1.29 is 4.79 Å². The van der Waals surface area contributed by atoms with Crippen molar-refractivity contribution in [2.45, 2.75) is 19.3 Å². The van der Waals surface area contributed by atoms with Crippen molar-refractivity contribution in [2.75, 3.05) is 0 Å². The van der Waals surface area contributed by atoms with Crippen LogP contribution in [-0.2, 0) is 6.42 Å². The quantitative estimate of drug-likeness (QED) is 0.740. The van der Waals surface area contributed by atoms with Gasteiger partial charge >= 0.3 is 0 Å². The lowest BCUT2D eigenvalue weighted by atomic mass is 10.0. The number of Topliss-reactive ketones (excluding diaryl/α,β-unsaturated/α-hetero) is 1. The molecule has 0 N–H and O–H groups in total. The number of fused-ring (bicyclic) bond motifs is 1. The molecule has 0 saturated carbocycles. The number of nitrogens with zero attached hydrogens (tertiary/aromatic N) is 1. The summed E-state index contributed by atoms with van der Waals surface area (Å²) in [6.45, 7) is 0. The van der Waals surface area contributed by atoms with Crippen LogP contribution in [0.2, 0.25) is 4.34 Å². The van der Waals surface area contributed by atoms with Crippen LogP contribution in [0.1, 0.15) is 28.2 Å². The highest BCUT2D eigenvalue weighted by Gasteiger charge is 2.23. The van der Waals surface area contributed by atoms with Crippen LogP contribution < -0.4 is 0 Å². The molecule has 17 heavy (non-hydrogen) atoms. The van der Waals surface area contributed by atoms with E-state index >= 15 is 0 Å². The molecule has 2 nitrogen and oxygen atoms in total. The van der Waals surface area contributed by atoms with Gasteiger partial charge in [0.1, 0.15) is 15.0 Å². The summed E-state index contributed by atoms with van der Waals surface area (Å²) in [4.78, 5) is 18.3. The highest BCUT2D eigenvalue weighted by atomic mass is 79.9. The number of carbonyl (C=O) groups is 1. The van der Waals surface area contributed by atoms with Crippen molar-refractivity contribution in [3.63, 3.8) is 0 Å². The smallest absolute Gasteiger partial charge is 0.182 e. The van der Waals surface area contributed by atoms with Crippen LogP contribution in [0.15, 0.2) is 10.5 Å². The Morgan fingerprint density at radius 2 is 2.18 bits per heavy atom. The number of hydrogen-bond acceptors (Lipinski definition) is 4. The van der Waals surface area contributed by atoms with Gasteiger partial charge < -0.3 is 0 Å². The van der Waals surface area contributed by atoms with E-state index in [1.165, 1.54) is 11.3 Å². The van der Waals surface area contributed by atoms with E-state index in [0.717, 1.165) is 36.4 Å². The number of thiazole rings is 1. The minimum Gasteiger partial charge on any atom is -0.292 e. The number of rotatable bonds is 1. The van der Waals surface area contributed by atoms with Gasteiger partial charge in [-0.3, -0.25) is 4.79 Å². The third-order valence-electron chi connectivity index (χ3n) is 2.63. The van der Waals surface area contributed by atoms with Gasteiger partial charge in [-0.15, -0.1) is 22.7 Å². The normalized spacial score (nSPS) is 15.1. The maximum absolute atomic E-state index is 11.7. The fourth-order valence-electron chi connectivity index (χ4n) is 1.82. The van der Waals surface area contributed by atoms with Crippen molar-refractivity contribution in [2.24, 2.45) is 0 Å². The Bertz CT molecular complexity index is 585. The molecule has 3 rings (SSSR count). The fourth-order valence-corrected chi connectivity index (χ4v) is 4.69. The van der Waals surface area contributed by atoms with Gasteiger partial charge in [0.15, 0.2) is 5.78 Å². The molecule has 2 aromatic rings. The zero-order valence-corrected chi connectivity index (χ0v) is 12.6. The van der Waals surface area contributed by atoms with Crippen molar-refractivity contribution in [1.82, 2.24) is 4.98 Å². The molecule has 0 fully saturated rings. The number of carbonyl (C=O) groups excluding carboxylic acids is 1. The summed E-state index contributed by atoms with van der Waals surface area (Å²) in [5.41, 5.74) is 0.678. The van der Waals surface area contributed by atoms with E-state index in [-0.39, 0.29) is 5.78 Å². The number of ketones is 1. The van der Waals surface area contributed by atoms with Crippen LogP contribution in [-0.4, -0.2) is 10.8 Å². The molecule has 6 heteroatoms. The van der Waals surface area contributed by atoms with E-state index in [1.807, 2.05) is 6.07 Å². The molecule has 0 spiro atoms. The van der Waals surface area contributed by atoms with Crippen LogP contribution in [0.5, 0.6) is 0 Å². The zero-order chi connectivity index (χ0) is 12.0. The number of hydrogen-bond donors (Lipinski definition) is 0. The Hall–Kier alpha value is -0.230. The summed E-state index contributed by atoms with van der Waals surface area (Å²) in [6.07, 6.45) is 2.55. The molecule has 0 unspecified atom stereocenters. The second-order valence-electron chi connectivity index (χ2n) is 3.80. The third kappa shape index (κ3) is 2.10. The van der Waals surface area contributed by atoms with Gasteiger partial charge in [-0.25, -0.2) is 4.98 Å². The summed E-state index contributed by atoms with van der Waals surface area (Å²) < 4.78 is 1.61. The predicted octanol–water partition coefficient (Wildman–Crippen LogP) is 4.81. The van der Waals surface area contributed by atoms with Crippen LogP contribution >= 0.6 is 50.2 Å². The van der Waals surface area contributed by atoms with Crippen LogP contribution in [0.3, 0.4) is 0 Å². The van der Waals surface area contributed by atoms with E-state index in [1.54, 1.807) is 11.3 Å². The highest BCUT2D eigenvalue weighted by Crippen LogP contribution is 2.41. The number of aryl methyl sites for hydroxylation is 1. The second kappa shape index (κ2) is 4.46. The van der Waals surface area contributed by atoms with Crippen molar-refractivity contribution in [3.8, 4) is 9.88 Å². The van der Waals surface area contributed by atoms with Gasteiger partial charge in [-0.05, 0) is 34.8 Å². The molecule has 0 aromatic carbocycles. The molecule has 0 aliphatic heterocycles. The van der Waals surface area contributed by atoms with Crippen molar-refractivity contribution in [1.29, 1.82) is 0 Å². The van der Waals surface area contributed by atoms with Gasteiger partial charge in [-0.1, -0.05) is 11.6 Å². The molecule has 1 aliphatic rings. The first-order valence-electron chi connectivity index (χ1n) is 5.13. The Balaban J connectivity index is 2.07. The SMILES string of the molecule is O=C1CCCc2sc(-c3cc(Br)c(Cl)s3)nc21. The van der Waals surface area contributed by atoms with Crippen LogP contribution in [0.4, 0.5) is 0 Å². The van der Waals surface area contributed by atoms with Crippen LogP contribution in [0.25, 0.3) is 9.88 Å². The molecule has 88 valence electrons. The molecule has 0 atom stereocenters. The molecule has 0 amide bonds. The first kappa shape index (κ1) is 11.8. The predicted molar refractivity (Wildman–Crippen MR) is 75.4 cm³/mol. The first-order chi connectivity index (χ1) is 8.15. The maximum atomic E-state index is 11.7. The standard InChI is InChI=1S/C11H7BrClNOS2/c12-5-4-8(16-10(5)13)11-14-9-6(15)2-1-3-7(9)17-11/h4H,1-3H2. The number of aromatic nitrogens is 1. The van der Waals surface area contributed by atoms with E-state index in [9.17, 15) is 4.79 Å². The van der Waals surface area contributed by atoms with Gasteiger partial charge in [0.05, 0.1) is 4.88 Å². The molecule has 0 radical (unpaired) electrons. The molecule has 1 aliphatic carbocycles. The fraction of sp³-hybridized carbons (Fsp3) is 0.273. The third-order valence-corrected chi connectivity index (χ3v) is 6.38. The lowest BCUT2D eigenvalue weighted by molar-refractivity contribution is 0.0968. The molecule has 0 bridgehead atoms. The molecular formula is C11H7BrClNOS2. The summed E-state index contributed by atoms with van der Waals surface area (Å²) >= 11 is 12.5. The minimum absolute atomic E-state index is 0.176. The monoisotopic (exact) mass is 347 g/mol. The summed E-state index contributed by atoms with van der Waals surface area (Å²) in [5.74, 6) is 0.176. The van der Waals surface area contributed by atoms with Crippen LogP contribution in [0, 0.1) is 0 Å². The van der Waals surface area contributed by atoms with Gasteiger partial charge in [-0.2, -0.15) is 0 Å². The van der Waals surface area contributed by atoms with Crippen molar-refractivity contribution >= 4 is 56.0 Å². The minimum atomic E-state index is 0.176. The summed E-state index contributed by atoms with van der Waals surface area (Å²) in [7, 11) is 0.